The molecule has 3 rings (SSSR count). The van der Waals surface area contributed by atoms with Crippen LogP contribution in [0.1, 0.15) is 16.8 Å². The normalized spacial score (nSPS) is 10.5. The van der Waals surface area contributed by atoms with Gasteiger partial charge >= 0.3 is 0 Å². The summed E-state index contributed by atoms with van der Waals surface area (Å²) >= 11 is 0. The maximum absolute atomic E-state index is 12.2. The first-order valence-corrected chi connectivity index (χ1v) is 7.84. The SMILES string of the molecule is Cc1c(OCc2ccccc2)c(=O)ccn1Cc1ccc(N)cc1. The van der Waals surface area contributed by atoms with Crippen LogP contribution in [-0.2, 0) is 13.2 Å². The molecule has 0 aliphatic carbocycles. The Hall–Kier alpha value is -3.01. The fourth-order valence-electron chi connectivity index (χ4n) is 2.55. The number of rotatable bonds is 5. The zero-order valence-electron chi connectivity index (χ0n) is 13.6. The largest absolute Gasteiger partial charge is 0.483 e. The highest BCUT2D eigenvalue weighted by molar-refractivity contribution is 5.39. The van der Waals surface area contributed by atoms with Crippen molar-refractivity contribution in [3.8, 4) is 5.75 Å². The summed E-state index contributed by atoms with van der Waals surface area (Å²) in [6, 6.07) is 19.1. The molecule has 0 unspecified atom stereocenters. The van der Waals surface area contributed by atoms with Crippen molar-refractivity contribution in [2.45, 2.75) is 20.1 Å². The summed E-state index contributed by atoms with van der Waals surface area (Å²) < 4.78 is 7.80. The monoisotopic (exact) mass is 320 g/mol. The molecule has 0 saturated carbocycles. The molecule has 0 fully saturated rings. The van der Waals surface area contributed by atoms with Gasteiger partial charge in [0.05, 0.1) is 5.69 Å². The molecule has 0 atom stereocenters. The molecule has 4 heteroatoms. The van der Waals surface area contributed by atoms with E-state index >= 15 is 0 Å². The number of hydrogen-bond donors (Lipinski definition) is 1. The smallest absolute Gasteiger partial charge is 0.223 e. The van der Waals surface area contributed by atoms with Gasteiger partial charge in [0, 0.05) is 24.5 Å². The van der Waals surface area contributed by atoms with Crippen LogP contribution in [-0.4, -0.2) is 4.57 Å². The van der Waals surface area contributed by atoms with E-state index in [2.05, 4.69) is 0 Å². The first-order valence-electron chi connectivity index (χ1n) is 7.84. The van der Waals surface area contributed by atoms with Gasteiger partial charge in [-0.15, -0.1) is 0 Å². The molecule has 24 heavy (non-hydrogen) atoms. The van der Waals surface area contributed by atoms with Crippen molar-refractivity contribution in [2.75, 3.05) is 5.73 Å². The summed E-state index contributed by atoms with van der Waals surface area (Å²) in [5, 5.41) is 0. The zero-order valence-corrected chi connectivity index (χ0v) is 13.6. The summed E-state index contributed by atoms with van der Waals surface area (Å²) in [5.41, 5.74) is 9.32. The van der Waals surface area contributed by atoms with E-state index in [1.165, 1.54) is 0 Å². The first kappa shape index (κ1) is 15.9. The predicted octanol–water partition coefficient (Wildman–Crippen LogP) is 3.37. The van der Waals surface area contributed by atoms with Crippen LogP contribution in [0.3, 0.4) is 0 Å². The number of hydrogen-bond acceptors (Lipinski definition) is 3. The number of anilines is 1. The van der Waals surface area contributed by atoms with E-state index in [-0.39, 0.29) is 5.43 Å². The van der Waals surface area contributed by atoms with Crippen LogP contribution < -0.4 is 15.9 Å². The van der Waals surface area contributed by atoms with E-state index in [1.807, 2.05) is 66.1 Å². The molecule has 0 amide bonds. The molecular formula is C20H20N2O2. The molecule has 2 aromatic carbocycles. The van der Waals surface area contributed by atoms with Gasteiger partial charge < -0.3 is 15.0 Å². The Kier molecular flexibility index (Phi) is 4.66. The van der Waals surface area contributed by atoms with Crippen LogP contribution in [0.15, 0.2) is 71.7 Å². The number of aromatic nitrogens is 1. The Morgan fingerprint density at radius 2 is 1.67 bits per heavy atom. The molecular weight excluding hydrogens is 300 g/mol. The average Bonchev–Trinajstić information content (AvgIpc) is 2.60. The Morgan fingerprint density at radius 3 is 2.38 bits per heavy atom. The van der Waals surface area contributed by atoms with Gasteiger partial charge in [0.15, 0.2) is 5.75 Å². The molecule has 1 aromatic heterocycles. The van der Waals surface area contributed by atoms with Crippen LogP contribution in [0.5, 0.6) is 5.75 Å². The van der Waals surface area contributed by atoms with E-state index < -0.39 is 0 Å². The maximum Gasteiger partial charge on any atom is 0.223 e. The quantitative estimate of drug-likeness (QED) is 0.733. The standard InChI is InChI=1S/C20H20N2O2/c1-15-20(24-14-17-5-3-2-4-6-17)19(23)11-12-22(15)13-16-7-9-18(21)10-8-16/h2-12H,13-14,21H2,1H3. The van der Waals surface area contributed by atoms with Crippen LogP contribution in [0.25, 0.3) is 0 Å². The maximum atomic E-state index is 12.2. The Balaban J connectivity index is 1.82. The van der Waals surface area contributed by atoms with Gasteiger partial charge in [-0.25, -0.2) is 0 Å². The number of nitrogens with zero attached hydrogens (tertiary/aromatic N) is 1. The first-order chi connectivity index (χ1) is 11.6. The van der Waals surface area contributed by atoms with E-state index in [0.29, 0.717) is 18.9 Å². The lowest BCUT2D eigenvalue weighted by Crippen LogP contribution is -2.15. The fraction of sp³-hybridized carbons (Fsp3) is 0.150. The third-order valence-electron chi connectivity index (χ3n) is 3.95. The zero-order chi connectivity index (χ0) is 16.9. The van der Waals surface area contributed by atoms with E-state index in [0.717, 1.165) is 22.5 Å². The Bertz CT molecular complexity index is 868. The number of benzene rings is 2. The summed E-state index contributed by atoms with van der Waals surface area (Å²) in [6.45, 7) is 2.94. The van der Waals surface area contributed by atoms with E-state index in [9.17, 15) is 4.79 Å². The molecule has 3 aromatic rings. The molecule has 0 bridgehead atoms. The Morgan fingerprint density at radius 1 is 0.958 bits per heavy atom. The summed E-state index contributed by atoms with van der Waals surface area (Å²) in [4.78, 5) is 12.2. The Labute approximate surface area is 141 Å². The minimum atomic E-state index is -0.100. The van der Waals surface area contributed by atoms with Crippen molar-refractivity contribution in [3.05, 3.63) is 93.9 Å². The van der Waals surface area contributed by atoms with Crippen LogP contribution in [0, 0.1) is 6.92 Å². The second-order valence-electron chi connectivity index (χ2n) is 5.74. The molecule has 4 nitrogen and oxygen atoms in total. The minimum absolute atomic E-state index is 0.100. The van der Waals surface area contributed by atoms with Gasteiger partial charge in [-0.2, -0.15) is 0 Å². The van der Waals surface area contributed by atoms with Gasteiger partial charge in [-0.3, -0.25) is 4.79 Å². The van der Waals surface area contributed by atoms with Gasteiger partial charge in [0.1, 0.15) is 6.61 Å². The van der Waals surface area contributed by atoms with E-state index in [1.54, 1.807) is 12.3 Å². The predicted molar refractivity (Wildman–Crippen MR) is 96.2 cm³/mol. The number of nitrogen functional groups attached to an aromatic ring is 1. The molecule has 2 N–H and O–H groups in total. The van der Waals surface area contributed by atoms with Crippen molar-refractivity contribution in [2.24, 2.45) is 0 Å². The highest BCUT2D eigenvalue weighted by atomic mass is 16.5. The number of ether oxygens (including phenoxy) is 1. The molecule has 122 valence electrons. The van der Waals surface area contributed by atoms with Crippen molar-refractivity contribution in [1.29, 1.82) is 0 Å². The summed E-state index contributed by atoms with van der Waals surface area (Å²) in [6.07, 6.45) is 1.80. The average molecular weight is 320 g/mol. The lowest BCUT2D eigenvalue weighted by Gasteiger charge is -2.15. The lowest BCUT2D eigenvalue weighted by atomic mass is 10.2. The molecule has 0 radical (unpaired) electrons. The number of pyridine rings is 1. The van der Waals surface area contributed by atoms with Crippen molar-refractivity contribution in [1.82, 2.24) is 4.57 Å². The fourth-order valence-corrected chi connectivity index (χ4v) is 2.55. The second-order valence-corrected chi connectivity index (χ2v) is 5.74. The third-order valence-corrected chi connectivity index (χ3v) is 3.95. The second kappa shape index (κ2) is 7.04. The molecule has 0 aliphatic heterocycles. The molecule has 0 spiro atoms. The summed E-state index contributed by atoms with van der Waals surface area (Å²) in [7, 11) is 0. The van der Waals surface area contributed by atoms with Crippen LogP contribution >= 0.6 is 0 Å². The highest BCUT2D eigenvalue weighted by Crippen LogP contribution is 2.16. The summed E-state index contributed by atoms with van der Waals surface area (Å²) in [5.74, 6) is 0.400. The van der Waals surface area contributed by atoms with Crippen LogP contribution in [0.2, 0.25) is 0 Å². The van der Waals surface area contributed by atoms with Gasteiger partial charge in [-0.1, -0.05) is 42.5 Å². The lowest BCUT2D eigenvalue weighted by molar-refractivity contribution is 0.297. The third kappa shape index (κ3) is 3.66. The molecule has 1 heterocycles. The van der Waals surface area contributed by atoms with Gasteiger partial charge in [0.2, 0.25) is 5.43 Å². The van der Waals surface area contributed by atoms with Gasteiger partial charge in [-0.05, 0) is 30.2 Å². The minimum Gasteiger partial charge on any atom is -0.483 e. The number of nitrogens with two attached hydrogens (primary N) is 1. The van der Waals surface area contributed by atoms with E-state index in [4.69, 9.17) is 10.5 Å². The van der Waals surface area contributed by atoms with Crippen molar-refractivity contribution < 1.29 is 4.74 Å². The molecule has 0 saturated heterocycles. The highest BCUT2D eigenvalue weighted by Gasteiger charge is 2.09. The van der Waals surface area contributed by atoms with Gasteiger partial charge in [0.25, 0.3) is 0 Å². The van der Waals surface area contributed by atoms with Crippen molar-refractivity contribution >= 4 is 5.69 Å². The topological polar surface area (TPSA) is 57.2 Å². The van der Waals surface area contributed by atoms with Crippen molar-refractivity contribution in [3.63, 3.8) is 0 Å². The van der Waals surface area contributed by atoms with Crippen LogP contribution in [0.4, 0.5) is 5.69 Å². The molecule has 0 aliphatic rings.